The normalized spacial score (nSPS) is 16.2. The van der Waals surface area contributed by atoms with Crippen LogP contribution in [0.2, 0.25) is 0 Å². The Hall–Kier alpha value is -1.50. The monoisotopic (exact) mass is 1210 g/mol. The number of nitrogens with zero attached hydrogens (tertiary/aromatic N) is 2. The summed E-state index contributed by atoms with van der Waals surface area (Å²) in [5.41, 5.74) is -12.9. The lowest BCUT2D eigenvalue weighted by Gasteiger charge is -2.35. The maximum absolute atomic E-state index is 13.8. The van der Waals surface area contributed by atoms with Gasteiger partial charge in [-0.05, 0) is 52.7 Å². The molecule has 38 heteroatoms. The van der Waals surface area contributed by atoms with Crippen molar-refractivity contribution < 1.29 is 148 Å². The molecule has 2 N–H and O–H groups in total. The van der Waals surface area contributed by atoms with Gasteiger partial charge in [-0.25, -0.2) is 35.1 Å². The molecule has 4 atom stereocenters. The molecule has 0 rings (SSSR count). The second-order valence-electron chi connectivity index (χ2n) is 17.0. The number of quaternary nitrogens is 1. The van der Waals surface area contributed by atoms with Gasteiger partial charge >= 0.3 is 49.4 Å². The van der Waals surface area contributed by atoms with Crippen LogP contribution in [0.5, 0.6) is 0 Å². The minimum atomic E-state index is -6.90. The van der Waals surface area contributed by atoms with Gasteiger partial charge in [0.2, 0.25) is 20.0 Å². The third-order valence-corrected chi connectivity index (χ3v) is 12.6. The fourth-order valence-corrected chi connectivity index (χ4v) is 8.18. The van der Waals surface area contributed by atoms with E-state index in [1.165, 1.54) is 6.38 Å². The lowest BCUT2D eigenvalue weighted by Crippen LogP contribution is -3.00. The van der Waals surface area contributed by atoms with Gasteiger partial charge in [0.25, 0.3) is 11.3 Å². The summed E-state index contributed by atoms with van der Waals surface area (Å²) in [6.45, 7) is 0.319. The Balaban J connectivity index is -0.000000613. The molecule has 8 nitrogen and oxygen atoms in total. The molecular formula is C34H52Cl2F26N4O4S2. The zero-order valence-electron chi connectivity index (χ0n) is 38.1. The Labute approximate surface area is 408 Å². The fraction of sp³-hybridized carbons (Fsp3) is 1.00. The maximum Gasteiger partial charge on any atom is 0.431 e. The molecule has 0 aromatic rings. The highest BCUT2D eigenvalue weighted by atomic mass is 35.5. The van der Waals surface area contributed by atoms with Crippen molar-refractivity contribution in [3.05, 3.63) is 0 Å². The predicted molar refractivity (Wildman–Crippen MR) is 204 cm³/mol. The molecule has 0 aromatic heterocycles. The Morgan fingerprint density at radius 3 is 0.917 bits per heavy atom. The van der Waals surface area contributed by atoms with Crippen molar-refractivity contribution in [1.29, 1.82) is 0 Å². The van der Waals surface area contributed by atoms with Crippen molar-refractivity contribution in [2.24, 2.45) is 23.7 Å². The van der Waals surface area contributed by atoms with Crippen LogP contribution in [0.4, 0.5) is 114 Å². The van der Waals surface area contributed by atoms with Gasteiger partial charge in [0.1, 0.15) is 0 Å². The van der Waals surface area contributed by atoms with Crippen LogP contribution in [0.1, 0.15) is 51.4 Å². The summed E-state index contributed by atoms with van der Waals surface area (Å²) >= 11 is 4.64. The van der Waals surface area contributed by atoms with E-state index in [1.807, 2.05) is 9.44 Å². The molecule has 0 saturated heterocycles. The second-order valence-corrected chi connectivity index (χ2v) is 20.8. The zero-order valence-corrected chi connectivity index (χ0v) is 41.3. The van der Waals surface area contributed by atoms with E-state index in [4.69, 9.17) is 0 Å². The van der Waals surface area contributed by atoms with Crippen molar-refractivity contribution >= 4 is 31.6 Å². The number of alkyl halides is 27. The SMILES string of the molecule is CCl.CN(C)CCCNS(=O)(=O)CCC(CC(CC(F)(C(F)(F)F)C(F)(F)F)C(F)(F)F)C(F)(F)F.C[N+](C)(C)CCCNS(=O)(=O)CCC(CC(CC(F)(C(F)(F)F)C(F)(F)F)C(F)(F)F)C(F)(F)F.[Cl-]. The van der Waals surface area contributed by atoms with Gasteiger partial charge < -0.3 is 21.8 Å². The standard InChI is InChI=1S/C17H26F13N2O2S.C16H23F13N2O2S.CH3Cl.ClH/c1-32(2,3)7-4-6-31-35(33,34)8-5-11(14(19,20)21)9-12(15(22,23)24)10-13(18,16(25,26)27)17(28,29)30;1-31(2)6-3-5-30-34(32,33)7-4-10(13(18,19)20)8-11(14(21,22)23)9-12(17,15(24,25)26)16(27,28)29;1-2;/h11-12,31H,4-10H2,1-3H3;10-11,30H,3-9H2,1-2H3;1H3;1H/q+1;;;/p-1. The molecule has 0 fully saturated rings. The molecule has 0 spiro atoms. The van der Waals surface area contributed by atoms with Crippen LogP contribution < -0.4 is 21.9 Å². The van der Waals surface area contributed by atoms with Gasteiger partial charge in [-0.1, -0.05) is 0 Å². The molecule has 0 aliphatic rings. The average Bonchev–Trinajstić information content (AvgIpc) is 3.11. The van der Waals surface area contributed by atoms with E-state index in [-0.39, 0.29) is 38.3 Å². The molecule has 0 aliphatic carbocycles. The van der Waals surface area contributed by atoms with Crippen molar-refractivity contribution in [2.45, 2.75) is 112 Å². The quantitative estimate of drug-likeness (QED) is 0.0439. The van der Waals surface area contributed by atoms with Gasteiger partial charge in [0.15, 0.2) is 0 Å². The van der Waals surface area contributed by atoms with Gasteiger partial charge in [-0.15, -0.1) is 11.6 Å². The van der Waals surface area contributed by atoms with E-state index >= 15 is 0 Å². The first-order valence-electron chi connectivity index (χ1n) is 19.6. The predicted octanol–water partition coefficient (Wildman–Crippen LogP) is 8.44. The van der Waals surface area contributed by atoms with Crippen LogP contribution in [0.15, 0.2) is 0 Å². The molecule has 0 radical (unpaired) electrons. The Kier molecular flexibility index (Phi) is 30.2. The van der Waals surface area contributed by atoms with Gasteiger partial charge in [-0.2, -0.15) is 105 Å². The summed E-state index contributed by atoms with van der Waals surface area (Å²) in [5, 5.41) is 0. The topological polar surface area (TPSA) is 95.6 Å². The first-order chi connectivity index (χ1) is 31.0. The largest absolute Gasteiger partial charge is 1.00 e. The van der Waals surface area contributed by atoms with E-state index in [0.29, 0.717) is 17.6 Å². The Morgan fingerprint density at radius 2 is 0.708 bits per heavy atom. The molecule has 0 saturated carbocycles. The summed E-state index contributed by atoms with van der Waals surface area (Å²) in [7, 11) is -0.436. The summed E-state index contributed by atoms with van der Waals surface area (Å²) in [6.07, 6.45) is -64.0. The van der Waals surface area contributed by atoms with Gasteiger partial charge in [-0.3, -0.25) is 0 Å². The van der Waals surface area contributed by atoms with E-state index in [9.17, 15) is 131 Å². The fourth-order valence-electron chi connectivity index (χ4n) is 5.79. The smallest absolute Gasteiger partial charge is 0.431 e. The number of nitrogens with one attached hydrogen (secondary N) is 2. The minimum Gasteiger partial charge on any atom is -1.00 e. The van der Waals surface area contributed by atoms with E-state index in [2.05, 4.69) is 11.6 Å². The van der Waals surface area contributed by atoms with Crippen molar-refractivity contribution in [1.82, 2.24) is 14.3 Å². The average molecular weight is 1210 g/mol. The van der Waals surface area contributed by atoms with E-state index in [1.54, 1.807) is 40.1 Å². The van der Waals surface area contributed by atoms with Gasteiger partial charge in [0.05, 0.1) is 62.9 Å². The highest BCUT2D eigenvalue weighted by Crippen LogP contribution is 2.55. The highest BCUT2D eigenvalue weighted by Gasteiger charge is 2.75. The molecule has 0 aromatic carbocycles. The molecular weight excluding hydrogens is 1160 g/mol. The lowest BCUT2D eigenvalue weighted by atomic mass is 9.83. The minimum absolute atomic E-state index is 0. The number of hydrogen-bond acceptors (Lipinski definition) is 5. The first-order valence-corrected chi connectivity index (χ1v) is 23.7. The Morgan fingerprint density at radius 1 is 0.458 bits per heavy atom. The molecule has 0 amide bonds. The molecule has 440 valence electrons. The van der Waals surface area contributed by atoms with Gasteiger partial charge in [0, 0.05) is 38.7 Å². The van der Waals surface area contributed by atoms with Crippen molar-refractivity contribution in [3.8, 4) is 0 Å². The van der Waals surface area contributed by atoms with Crippen LogP contribution in [0, 0.1) is 23.7 Å². The summed E-state index contributed by atoms with van der Waals surface area (Å²) in [6, 6.07) is 0. The molecule has 0 heterocycles. The summed E-state index contributed by atoms with van der Waals surface area (Å²) in [4.78, 5) is 1.64. The van der Waals surface area contributed by atoms with Crippen LogP contribution in [0.3, 0.4) is 0 Å². The molecule has 0 bridgehead atoms. The Bertz CT molecular complexity index is 1730. The van der Waals surface area contributed by atoms with Crippen molar-refractivity contribution in [2.75, 3.05) is 79.3 Å². The van der Waals surface area contributed by atoms with Crippen molar-refractivity contribution in [3.63, 3.8) is 0 Å². The number of sulfonamides is 2. The summed E-state index contributed by atoms with van der Waals surface area (Å²) < 4.78 is 389. The lowest BCUT2D eigenvalue weighted by molar-refractivity contribution is -0.870. The highest BCUT2D eigenvalue weighted by molar-refractivity contribution is 7.89. The van der Waals surface area contributed by atoms with Crippen LogP contribution in [-0.2, 0) is 20.0 Å². The van der Waals surface area contributed by atoms with E-state index < -0.39 is 154 Å². The van der Waals surface area contributed by atoms with E-state index in [0.717, 1.165) is 0 Å². The molecule has 4 unspecified atom stereocenters. The number of hydrogen-bond donors (Lipinski definition) is 2. The summed E-state index contributed by atoms with van der Waals surface area (Å²) in [5.74, 6) is -17.4. The van der Waals surface area contributed by atoms with Crippen LogP contribution >= 0.6 is 11.6 Å². The third kappa shape index (κ3) is 28.0. The van der Waals surface area contributed by atoms with Crippen LogP contribution in [-0.4, -0.2) is 166 Å². The number of halogens is 28. The molecule has 0 aliphatic heterocycles. The number of rotatable bonds is 24. The first kappa shape index (κ1) is 77.0. The zero-order chi connectivity index (χ0) is 57.7. The maximum atomic E-state index is 13.8. The molecule has 72 heavy (non-hydrogen) atoms. The third-order valence-electron chi connectivity index (χ3n) is 9.74. The second kappa shape index (κ2) is 28.2. The van der Waals surface area contributed by atoms with Crippen LogP contribution in [0.25, 0.3) is 0 Å².